The van der Waals surface area contributed by atoms with Gasteiger partial charge in [0.05, 0.1) is 12.6 Å². The summed E-state index contributed by atoms with van der Waals surface area (Å²) >= 11 is 1.46. The van der Waals surface area contributed by atoms with E-state index in [0.717, 1.165) is 0 Å². The van der Waals surface area contributed by atoms with E-state index in [1.165, 1.54) is 18.7 Å². The van der Waals surface area contributed by atoms with Crippen LogP contribution in [0.5, 0.6) is 0 Å². The number of thioether (sulfide) groups is 1. The van der Waals surface area contributed by atoms with E-state index in [-0.39, 0.29) is 37.8 Å². The molecule has 37 heavy (non-hydrogen) atoms. The number of nitrogens with two attached hydrogens (primary N) is 3. The van der Waals surface area contributed by atoms with Gasteiger partial charge >= 0.3 is 5.97 Å². The molecular weight excluding hydrogens is 504 g/mol. The number of rotatable bonds is 18. The Bertz CT molecular complexity index is 806. The van der Waals surface area contributed by atoms with Crippen LogP contribution in [0.1, 0.15) is 46.5 Å². The predicted molar refractivity (Wildman–Crippen MR) is 142 cm³/mol. The van der Waals surface area contributed by atoms with Crippen molar-refractivity contribution in [3.8, 4) is 0 Å². The fourth-order valence-corrected chi connectivity index (χ4v) is 3.57. The van der Waals surface area contributed by atoms with Gasteiger partial charge in [0.1, 0.15) is 18.1 Å². The minimum atomic E-state index is -1.24. The Morgan fingerprint density at radius 1 is 0.919 bits per heavy atom. The summed E-state index contributed by atoms with van der Waals surface area (Å²) in [4.78, 5) is 64.9. The molecule has 0 aliphatic heterocycles. The van der Waals surface area contributed by atoms with Crippen molar-refractivity contribution in [3.63, 3.8) is 0 Å². The van der Waals surface area contributed by atoms with E-state index >= 15 is 0 Å². The summed E-state index contributed by atoms with van der Waals surface area (Å²) in [6, 6.07) is -3.98. The first-order valence-corrected chi connectivity index (χ1v) is 13.4. The second-order valence-electron chi connectivity index (χ2n) is 8.93. The van der Waals surface area contributed by atoms with Crippen molar-refractivity contribution in [1.29, 1.82) is 0 Å². The normalized spacial score (nSPS) is 14.0. The van der Waals surface area contributed by atoms with E-state index in [0.29, 0.717) is 18.6 Å². The van der Waals surface area contributed by atoms with Gasteiger partial charge in [-0.3, -0.25) is 24.2 Å². The Balaban J connectivity index is 4.94. The highest BCUT2D eigenvalue weighted by molar-refractivity contribution is 7.98. The third-order valence-corrected chi connectivity index (χ3v) is 5.70. The molecule has 0 radical (unpaired) electrons. The zero-order valence-corrected chi connectivity index (χ0v) is 22.7. The van der Waals surface area contributed by atoms with Gasteiger partial charge in [-0.1, -0.05) is 13.8 Å². The molecule has 0 aromatic rings. The molecule has 212 valence electrons. The second-order valence-corrected chi connectivity index (χ2v) is 9.92. The number of nitrogens with one attached hydrogen (secondary N) is 4. The smallest absolute Gasteiger partial charge is 0.326 e. The Hall–Kier alpha value is -3.07. The lowest BCUT2D eigenvalue weighted by Crippen LogP contribution is -2.56. The second kappa shape index (κ2) is 18.2. The first-order valence-electron chi connectivity index (χ1n) is 12.0. The minimum Gasteiger partial charge on any atom is -0.480 e. The predicted octanol–water partition coefficient (Wildman–Crippen LogP) is -2.16. The topological polar surface area (TPSA) is 244 Å². The molecule has 0 rings (SSSR count). The van der Waals surface area contributed by atoms with Crippen LogP contribution in [0.4, 0.5) is 0 Å². The van der Waals surface area contributed by atoms with E-state index in [2.05, 4.69) is 26.3 Å². The Kier molecular flexibility index (Phi) is 16.7. The number of carbonyl (C=O) groups excluding carboxylic acids is 4. The van der Waals surface area contributed by atoms with Crippen molar-refractivity contribution >= 4 is 47.3 Å². The number of guanidine groups is 1. The Morgan fingerprint density at radius 2 is 1.57 bits per heavy atom. The largest absolute Gasteiger partial charge is 0.480 e. The molecule has 4 atom stereocenters. The van der Waals surface area contributed by atoms with Gasteiger partial charge in [0.25, 0.3) is 0 Å². The lowest BCUT2D eigenvalue weighted by molar-refractivity contribution is -0.142. The lowest BCUT2D eigenvalue weighted by atomic mass is 10.0. The van der Waals surface area contributed by atoms with Gasteiger partial charge < -0.3 is 43.6 Å². The highest BCUT2D eigenvalue weighted by Gasteiger charge is 2.27. The number of nitrogens with zero attached hydrogens (tertiary/aromatic N) is 1. The van der Waals surface area contributed by atoms with E-state index in [1.807, 2.05) is 20.1 Å². The molecule has 0 spiro atoms. The SMILES string of the molecule is CSCC[C@H](NC(=O)CNC(=O)[C@@H](N)CC(C)C)C(=O)N[C@@H](C)C(=O)N[C@@H](CCCN=C(N)N)C(=O)O. The van der Waals surface area contributed by atoms with Gasteiger partial charge in [0.2, 0.25) is 23.6 Å². The molecule has 0 fully saturated rings. The zero-order chi connectivity index (χ0) is 28.5. The quantitative estimate of drug-likeness (QED) is 0.0525. The summed E-state index contributed by atoms with van der Waals surface area (Å²) in [5.41, 5.74) is 16.3. The first kappa shape index (κ1) is 33.9. The molecule has 15 heteroatoms. The number of hydrogen-bond donors (Lipinski definition) is 8. The number of carboxylic acid groups (broad SMARTS) is 1. The van der Waals surface area contributed by atoms with Crippen LogP contribution in [0.25, 0.3) is 0 Å². The van der Waals surface area contributed by atoms with Crippen LogP contribution in [-0.2, 0) is 24.0 Å². The van der Waals surface area contributed by atoms with Gasteiger partial charge in [-0.25, -0.2) is 4.79 Å². The molecule has 0 saturated heterocycles. The van der Waals surface area contributed by atoms with Crippen LogP contribution in [0.3, 0.4) is 0 Å². The van der Waals surface area contributed by atoms with Gasteiger partial charge in [-0.15, -0.1) is 0 Å². The number of aliphatic imine (C=N–C) groups is 1. The summed E-state index contributed by atoms with van der Waals surface area (Å²) in [6.45, 7) is 5.09. The molecule has 0 heterocycles. The summed E-state index contributed by atoms with van der Waals surface area (Å²) < 4.78 is 0. The fraction of sp³-hybridized carbons (Fsp3) is 0.727. The highest BCUT2D eigenvalue weighted by Crippen LogP contribution is 2.04. The monoisotopic (exact) mass is 546 g/mol. The van der Waals surface area contributed by atoms with Crippen LogP contribution in [0.15, 0.2) is 4.99 Å². The molecule has 14 nitrogen and oxygen atoms in total. The first-order chi connectivity index (χ1) is 17.3. The van der Waals surface area contributed by atoms with E-state index in [9.17, 15) is 29.1 Å². The molecule has 0 aromatic carbocycles. The zero-order valence-electron chi connectivity index (χ0n) is 21.9. The maximum absolute atomic E-state index is 12.8. The number of hydrogen-bond acceptors (Lipinski definition) is 8. The van der Waals surface area contributed by atoms with Crippen molar-refractivity contribution in [2.24, 2.45) is 28.1 Å². The summed E-state index contributed by atoms with van der Waals surface area (Å²) in [6.07, 6.45) is 2.97. The maximum atomic E-state index is 12.8. The van der Waals surface area contributed by atoms with Crippen LogP contribution < -0.4 is 38.5 Å². The van der Waals surface area contributed by atoms with E-state index < -0.39 is 53.8 Å². The van der Waals surface area contributed by atoms with Crippen LogP contribution >= 0.6 is 11.8 Å². The molecular formula is C22H42N8O6S. The Labute approximate surface area is 221 Å². The molecule has 0 aromatic heterocycles. The van der Waals surface area contributed by atoms with Crippen molar-refractivity contribution in [1.82, 2.24) is 21.3 Å². The van der Waals surface area contributed by atoms with Gasteiger partial charge in [0.15, 0.2) is 5.96 Å². The van der Waals surface area contributed by atoms with E-state index in [1.54, 1.807) is 0 Å². The lowest BCUT2D eigenvalue weighted by Gasteiger charge is -2.22. The summed E-state index contributed by atoms with van der Waals surface area (Å²) in [5, 5.41) is 19.2. The average Bonchev–Trinajstić information content (AvgIpc) is 2.80. The molecule has 0 aliphatic carbocycles. The number of amides is 4. The van der Waals surface area contributed by atoms with Crippen molar-refractivity contribution in [2.75, 3.05) is 25.1 Å². The number of carboxylic acids is 1. The standard InChI is InChI=1S/C22H42N8O6S/c1-12(2)10-14(23)19(33)27-11-17(31)29-15(7-9-37-4)20(34)28-13(3)18(32)30-16(21(35)36)6-5-8-26-22(24)25/h12-16H,5-11,23H2,1-4H3,(H,27,33)(H,28,34)(H,29,31)(H,30,32)(H,35,36)(H4,24,25,26)/t13-,14-,15-,16-/m0/s1. The fourth-order valence-electron chi connectivity index (χ4n) is 3.10. The van der Waals surface area contributed by atoms with Crippen molar-refractivity contribution in [3.05, 3.63) is 0 Å². The average molecular weight is 547 g/mol. The molecule has 0 aliphatic rings. The Morgan fingerprint density at radius 3 is 2.11 bits per heavy atom. The van der Waals surface area contributed by atoms with Crippen LogP contribution in [0, 0.1) is 5.92 Å². The van der Waals surface area contributed by atoms with Gasteiger partial charge in [-0.05, 0) is 50.5 Å². The number of aliphatic carboxylic acids is 1. The molecule has 0 unspecified atom stereocenters. The van der Waals surface area contributed by atoms with E-state index in [4.69, 9.17) is 17.2 Å². The maximum Gasteiger partial charge on any atom is 0.326 e. The molecule has 0 saturated carbocycles. The molecule has 11 N–H and O–H groups in total. The molecule has 4 amide bonds. The van der Waals surface area contributed by atoms with Crippen LogP contribution in [0.2, 0.25) is 0 Å². The number of carbonyl (C=O) groups is 5. The summed E-state index contributed by atoms with van der Waals surface area (Å²) in [7, 11) is 0. The molecule has 0 bridgehead atoms. The highest BCUT2D eigenvalue weighted by atomic mass is 32.2. The van der Waals surface area contributed by atoms with Gasteiger partial charge in [-0.2, -0.15) is 11.8 Å². The third-order valence-electron chi connectivity index (χ3n) is 5.06. The van der Waals surface area contributed by atoms with Crippen molar-refractivity contribution in [2.45, 2.75) is 70.6 Å². The van der Waals surface area contributed by atoms with Crippen molar-refractivity contribution < 1.29 is 29.1 Å². The van der Waals surface area contributed by atoms with Crippen LogP contribution in [-0.4, -0.2) is 89.9 Å². The summed E-state index contributed by atoms with van der Waals surface area (Å²) in [5.74, 6) is -2.98. The minimum absolute atomic E-state index is 0.0808. The third kappa shape index (κ3) is 15.6. The van der Waals surface area contributed by atoms with Gasteiger partial charge in [0, 0.05) is 6.54 Å².